The molecule has 120 valence electrons. The van der Waals surface area contributed by atoms with Gasteiger partial charge >= 0.3 is 5.51 Å². The summed E-state index contributed by atoms with van der Waals surface area (Å²) in [6.07, 6.45) is 1.39. The first-order chi connectivity index (χ1) is 9.76. The minimum absolute atomic E-state index is 0.0821. The van der Waals surface area contributed by atoms with Crippen LogP contribution in [0.15, 0.2) is 24.3 Å². The largest absolute Gasteiger partial charge is 0.441 e. The fraction of sp³-hybridized carbons (Fsp3) is 0.625. The van der Waals surface area contributed by atoms with E-state index in [2.05, 4.69) is 11.4 Å². The van der Waals surface area contributed by atoms with Gasteiger partial charge in [-0.15, -0.1) is 0 Å². The van der Waals surface area contributed by atoms with Gasteiger partial charge in [0.15, 0.2) is 0 Å². The summed E-state index contributed by atoms with van der Waals surface area (Å²) in [4.78, 5) is 0. The molecule has 0 aromatic heterocycles. The van der Waals surface area contributed by atoms with Crippen LogP contribution in [0, 0.1) is 12.8 Å². The number of alkyl halides is 3. The lowest BCUT2D eigenvalue weighted by molar-refractivity contribution is -0.0328. The number of aryl methyl sites for hydroxylation is 1. The number of nitrogens with one attached hydrogen (secondary N) is 1. The zero-order valence-electron chi connectivity index (χ0n) is 12.8. The minimum atomic E-state index is -4.13. The van der Waals surface area contributed by atoms with Crippen molar-refractivity contribution < 1.29 is 13.2 Å². The normalized spacial score (nSPS) is 13.7. The Bertz CT molecular complexity index is 418. The average Bonchev–Trinajstić information content (AvgIpc) is 2.34. The smallest absolute Gasteiger partial charge is 0.314 e. The Balaban J connectivity index is 2.55. The van der Waals surface area contributed by atoms with Gasteiger partial charge in [-0.3, -0.25) is 0 Å². The molecule has 1 N–H and O–H groups in total. The lowest BCUT2D eigenvalue weighted by Gasteiger charge is -2.20. The minimum Gasteiger partial charge on any atom is -0.314 e. The fourth-order valence-electron chi connectivity index (χ4n) is 2.19. The SMILES string of the molecule is Cc1cccc(CC(CCSC(F)(F)F)CNC(C)C)c1. The molecular formula is C16H24F3NS. The van der Waals surface area contributed by atoms with Gasteiger partial charge in [0.1, 0.15) is 0 Å². The maximum absolute atomic E-state index is 12.2. The van der Waals surface area contributed by atoms with Crippen LogP contribution in [-0.2, 0) is 6.42 Å². The highest BCUT2D eigenvalue weighted by Crippen LogP contribution is 2.31. The summed E-state index contributed by atoms with van der Waals surface area (Å²) < 4.78 is 36.7. The van der Waals surface area contributed by atoms with E-state index >= 15 is 0 Å². The topological polar surface area (TPSA) is 12.0 Å². The van der Waals surface area contributed by atoms with Crippen molar-refractivity contribution in [1.82, 2.24) is 5.32 Å². The zero-order chi connectivity index (χ0) is 15.9. The molecule has 0 fully saturated rings. The molecule has 1 unspecified atom stereocenters. The maximum atomic E-state index is 12.2. The number of hydrogen-bond donors (Lipinski definition) is 1. The molecule has 0 amide bonds. The van der Waals surface area contributed by atoms with Gasteiger partial charge in [0.05, 0.1) is 0 Å². The summed E-state index contributed by atoms with van der Waals surface area (Å²) in [5, 5.41) is 3.34. The second-order valence-corrected chi connectivity index (χ2v) is 6.86. The van der Waals surface area contributed by atoms with Gasteiger partial charge in [-0.2, -0.15) is 13.2 Å². The number of rotatable bonds is 8. The average molecular weight is 319 g/mol. The van der Waals surface area contributed by atoms with Crippen molar-refractivity contribution in [3.05, 3.63) is 35.4 Å². The summed E-state index contributed by atoms with van der Waals surface area (Å²) in [6.45, 7) is 6.89. The Kier molecular flexibility index (Phi) is 7.60. The van der Waals surface area contributed by atoms with Crippen molar-refractivity contribution in [3.63, 3.8) is 0 Å². The van der Waals surface area contributed by atoms with Crippen molar-refractivity contribution >= 4 is 11.8 Å². The Labute approximate surface area is 129 Å². The van der Waals surface area contributed by atoms with Gasteiger partial charge in [0.2, 0.25) is 0 Å². The van der Waals surface area contributed by atoms with Gasteiger partial charge in [-0.25, -0.2) is 0 Å². The number of thioether (sulfide) groups is 1. The lowest BCUT2D eigenvalue weighted by Crippen LogP contribution is -2.30. The van der Waals surface area contributed by atoms with Crippen LogP contribution in [0.4, 0.5) is 13.2 Å². The van der Waals surface area contributed by atoms with Crippen molar-refractivity contribution in [2.24, 2.45) is 5.92 Å². The van der Waals surface area contributed by atoms with Crippen LogP contribution in [-0.4, -0.2) is 23.8 Å². The van der Waals surface area contributed by atoms with E-state index in [1.165, 1.54) is 11.1 Å². The summed E-state index contributed by atoms with van der Waals surface area (Å²) >= 11 is 0.0821. The van der Waals surface area contributed by atoms with Crippen LogP contribution in [0.1, 0.15) is 31.4 Å². The molecule has 0 aliphatic carbocycles. The molecule has 0 bridgehead atoms. The van der Waals surface area contributed by atoms with Gasteiger partial charge in [-0.1, -0.05) is 55.4 Å². The zero-order valence-corrected chi connectivity index (χ0v) is 13.7. The van der Waals surface area contributed by atoms with Crippen LogP contribution >= 0.6 is 11.8 Å². The van der Waals surface area contributed by atoms with Gasteiger partial charge < -0.3 is 5.32 Å². The van der Waals surface area contributed by atoms with E-state index in [1.54, 1.807) is 0 Å². The third kappa shape index (κ3) is 9.04. The fourth-order valence-corrected chi connectivity index (χ4v) is 2.88. The monoisotopic (exact) mass is 319 g/mol. The van der Waals surface area contributed by atoms with E-state index in [1.807, 2.05) is 39.0 Å². The van der Waals surface area contributed by atoms with Crippen LogP contribution in [0.5, 0.6) is 0 Å². The third-order valence-corrected chi connectivity index (χ3v) is 3.98. The summed E-state index contributed by atoms with van der Waals surface area (Å²) in [5.74, 6) is 0.351. The van der Waals surface area contributed by atoms with Crippen molar-refractivity contribution in [1.29, 1.82) is 0 Å². The third-order valence-electron chi connectivity index (χ3n) is 3.21. The van der Waals surface area contributed by atoms with Crippen LogP contribution < -0.4 is 5.32 Å². The second kappa shape index (κ2) is 8.69. The van der Waals surface area contributed by atoms with E-state index in [0.29, 0.717) is 12.5 Å². The van der Waals surface area contributed by atoms with E-state index in [9.17, 15) is 13.2 Å². The lowest BCUT2D eigenvalue weighted by atomic mass is 9.95. The van der Waals surface area contributed by atoms with Crippen molar-refractivity contribution in [2.75, 3.05) is 12.3 Å². The molecule has 5 heteroatoms. The van der Waals surface area contributed by atoms with E-state index in [-0.39, 0.29) is 23.4 Å². The summed E-state index contributed by atoms with van der Waals surface area (Å²) in [6, 6.07) is 8.54. The first-order valence-corrected chi connectivity index (χ1v) is 8.24. The molecule has 0 heterocycles. The first kappa shape index (κ1) is 18.4. The maximum Gasteiger partial charge on any atom is 0.441 e. The molecule has 0 radical (unpaired) electrons. The molecule has 1 aromatic carbocycles. The molecule has 1 atom stereocenters. The van der Waals surface area contributed by atoms with E-state index in [4.69, 9.17) is 0 Å². The predicted octanol–water partition coefficient (Wildman–Crippen LogP) is 4.79. The highest BCUT2D eigenvalue weighted by Gasteiger charge is 2.28. The second-order valence-electron chi connectivity index (χ2n) is 5.71. The van der Waals surface area contributed by atoms with Gasteiger partial charge in [0.25, 0.3) is 0 Å². The molecule has 0 spiro atoms. The van der Waals surface area contributed by atoms with Crippen molar-refractivity contribution in [3.8, 4) is 0 Å². The molecule has 0 saturated heterocycles. The summed E-state index contributed by atoms with van der Waals surface area (Å²) in [7, 11) is 0. The number of benzene rings is 1. The molecule has 0 aliphatic rings. The highest BCUT2D eigenvalue weighted by atomic mass is 32.2. The molecule has 1 aromatic rings. The van der Waals surface area contributed by atoms with Crippen LogP contribution in [0.3, 0.4) is 0 Å². The van der Waals surface area contributed by atoms with Crippen LogP contribution in [0.2, 0.25) is 0 Å². The first-order valence-electron chi connectivity index (χ1n) is 7.26. The van der Waals surface area contributed by atoms with Gasteiger partial charge in [-0.05, 0) is 37.8 Å². The number of halogens is 3. The Hall–Kier alpha value is -0.680. The van der Waals surface area contributed by atoms with Crippen LogP contribution in [0.25, 0.3) is 0 Å². The quantitative estimate of drug-likeness (QED) is 0.739. The molecule has 21 heavy (non-hydrogen) atoms. The van der Waals surface area contributed by atoms with E-state index in [0.717, 1.165) is 13.0 Å². The Morgan fingerprint density at radius 2 is 1.95 bits per heavy atom. The Morgan fingerprint density at radius 1 is 1.24 bits per heavy atom. The van der Waals surface area contributed by atoms with E-state index < -0.39 is 5.51 Å². The van der Waals surface area contributed by atoms with Gasteiger partial charge in [0, 0.05) is 11.8 Å². The molecule has 0 saturated carbocycles. The Morgan fingerprint density at radius 3 is 2.52 bits per heavy atom. The van der Waals surface area contributed by atoms with Crippen molar-refractivity contribution in [2.45, 2.75) is 45.2 Å². The highest BCUT2D eigenvalue weighted by molar-refractivity contribution is 8.00. The number of hydrogen-bond acceptors (Lipinski definition) is 2. The predicted molar refractivity (Wildman–Crippen MR) is 84.6 cm³/mol. The standard InChI is InChI=1S/C16H24F3NS/c1-12(2)20-11-15(7-8-21-16(17,18)19)10-14-6-4-5-13(3)9-14/h4-6,9,12,15,20H,7-8,10-11H2,1-3H3. The molecular weight excluding hydrogens is 295 g/mol. The molecule has 0 aliphatic heterocycles. The summed E-state index contributed by atoms with van der Waals surface area (Å²) in [5.41, 5.74) is -1.74. The molecule has 1 rings (SSSR count). The molecule has 1 nitrogen and oxygen atoms in total.